The van der Waals surface area contributed by atoms with Crippen molar-refractivity contribution in [3.63, 3.8) is 0 Å². The Kier molecular flexibility index (Phi) is 4.06. The lowest BCUT2D eigenvalue weighted by molar-refractivity contribution is 0.186. The minimum atomic E-state index is -0.00873. The molecule has 0 saturated carbocycles. The monoisotopic (exact) mass is 398 g/mol. The fourth-order valence-electron chi connectivity index (χ4n) is 4.76. The van der Waals surface area contributed by atoms with Gasteiger partial charge in [-0.05, 0) is 36.6 Å². The van der Waals surface area contributed by atoms with Crippen molar-refractivity contribution in [1.82, 2.24) is 19.1 Å². The smallest absolute Gasteiger partial charge is 0.251 e. The molecule has 6 nitrogen and oxygen atoms in total. The molecule has 0 spiro atoms. The van der Waals surface area contributed by atoms with Crippen molar-refractivity contribution >= 4 is 11.2 Å². The summed E-state index contributed by atoms with van der Waals surface area (Å²) in [7, 11) is 0. The molecular weight excluding hydrogens is 376 g/mol. The molecule has 3 aromatic heterocycles. The van der Waals surface area contributed by atoms with Gasteiger partial charge in [0.15, 0.2) is 5.65 Å². The van der Waals surface area contributed by atoms with Gasteiger partial charge in [0.1, 0.15) is 11.3 Å². The molecule has 1 fully saturated rings. The summed E-state index contributed by atoms with van der Waals surface area (Å²) < 4.78 is 9.47. The Morgan fingerprint density at radius 2 is 1.90 bits per heavy atom. The van der Waals surface area contributed by atoms with Crippen LogP contribution in [0.5, 0.6) is 0 Å². The number of benzene rings is 1. The van der Waals surface area contributed by atoms with Crippen LogP contribution in [0.4, 0.5) is 0 Å². The predicted molar refractivity (Wildman–Crippen MR) is 115 cm³/mol. The van der Waals surface area contributed by atoms with Crippen molar-refractivity contribution in [2.24, 2.45) is 0 Å². The first kappa shape index (κ1) is 17.6. The average Bonchev–Trinajstić information content (AvgIpc) is 3.51. The van der Waals surface area contributed by atoms with Crippen LogP contribution >= 0.6 is 0 Å². The van der Waals surface area contributed by atoms with E-state index in [1.807, 2.05) is 30.5 Å². The van der Waals surface area contributed by atoms with Crippen LogP contribution in [-0.4, -0.2) is 32.3 Å². The lowest BCUT2D eigenvalue weighted by Crippen LogP contribution is -2.23. The highest BCUT2D eigenvalue weighted by Gasteiger charge is 2.28. The van der Waals surface area contributed by atoms with Gasteiger partial charge < -0.3 is 13.9 Å². The van der Waals surface area contributed by atoms with Gasteiger partial charge in [0.2, 0.25) is 0 Å². The number of imidazole rings is 1. The summed E-state index contributed by atoms with van der Waals surface area (Å²) >= 11 is 0. The topological polar surface area (TPSA) is 61.9 Å². The molecule has 0 N–H and O–H groups in total. The summed E-state index contributed by atoms with van der Waals surface area (Å²) in [5, 5.41) is 0. The van der Waals surface area contributed by atoms with Crippen molar-refractivity contribution in [3.05, 3.63) is 82.5 Å². The minimum absolute atomic E-state index is 0.00873. The van der Waals surface area contributed by atoms with Crippen LogP contribution in [0.15, 0.2) is 65.6 Å². The molecule has 1 aromatic carbocycles. The SMILES string of the molecule is O=c1cc(-c2ccc3nc4n(c3n2)[C@@H](c2ccccc2)CC4)ccn1C1CCOC1. The molecule has 4 aromatic rings. The van der Waals surface area contributed by atoms with Gasteiger partial charge in [0.25, 0.3) is 5.56 Å². The van der Waals surface area contributed by atoms with E-state index in [4.69, 9.17) is 14.7 Å². The zero-order chi connectivity index (χ0) is 20.1. The van der Waals surface area contributed by atoms with Crippen LogP contribution < -0.4 is 5.56 Å². The maximum atomic E-state index is 12.7. The first-order chi connectivity index (χ1) is 14.8. The predicted octanol–water partition coefficient (Wildman–Crippen LogP) is 3.76. The van der Waals surface area contributed by atoms with Gasteiger partial charge in [-0.2, -0.15) is 0 Å². The Morgan fingerprint density at radius 1 is 1.00 bits per heavy atom. The van der Waals surface area contributed by atoms with Crippen LogP contribution in [0.25, 0.3) is 22.4 Å². The molecule has 0 amide bonds. The van der Waals surface area contributed by atoms with Crippen LogP contribution in [0.2, 0.25) is 0 Å². The Hall–Kier alpha value is -3.25. The van der Waals surface area contributed by atoms with Gasteiger partial charge in [-0.25, -0.2) is 9.97 Å². The van der Waals surface area contributed by atoms with Gasteiger partial charge in [0.05, 0.1) is 24.4 Å². The Morgan fingerprint density at radius 3 is 2.70 bits per heavy atom. The van der Waals surface area contributed by atoms with Gasteiger partial charge in [-0.3, -0.25) is 4.79 Å². The molecule has 6 rings (SSSR count). The maximum Gasteiger partial charge on any atom is 0.251 e. The Balaban J connectivity index is 1.42. The summed E-state index contributed by atoms with van der Waals surface area (Å²) in [4.78, 5) is 22.5. The van der Waals surface area contributed by atoms with E-state index >= 15 is 0 Å². The number of pyridine rings is 2. The molecule has 2 atom stereocenters. The first-order valence-corrected chi connectivity index (χ1v) is 10.5. The highest BCUT2D eigenvalue weighted by Crippen LogP contribution is 2.35. The molecule has 30 heavy (non-hydrogen) atoms. The molecule has 1 saturated heterocycles. The Bertz CT molecular complexity index is 1290. The van der Waals surface area contributed by atoms with E-state index < -0.39 is 0 Å². The molecule has 2 aliphatic rings. The third-order valence-corrected chi connectivity index (χ3v) is 6.29. The molecule has 2 aliphatic heterocycles. The zero-order valence-corrected chi connectivity index (χ0v) is 16.6. The number of hydrogen-bond donors (Lipinski definition) is 0. The highest BCUT2D eigenvalue weighted by atomic mass is 16.5. The van der Waals surface area contributed by atoms with Crippen molar-refractivity contribution < 1.29 is 4.74 Å². The van der Waals surface area contributed by atoms with Crippen LogP contribution in [0.1, 0.15) is 36.3 Å². The number of aryl methyl sites for hydroxylation is 1. The molecule has 5 heterocycles. The van der Waals surface area contributed by atoms with E-state index in [1.54, 1.807) is 10.6 Å². The molecule has 0 radical (unpaired) electrons. The van der Waals surface area contributed by atoms with Crippen molar-refractivity contribution in [2.45, 2.75) is 31.3 Å². The van der Waals surface area contributed by atoms with Crippen molar-refractivity contribution in [1.29, 1.82) is 0 Å². The van der Waals surface area contributed by atoms with Gasteiger partial charge >= 0.3 is 0 Å². The fourth-order valence-corrected chi connectivity index (χ4v) is 4.76. The second kappa shape index (κ2) is 6.92. The van der Waals surface area contributed by atoms with Gasteiger partial charge in [-0.15, -0.1) is 0 Å². The number of aromatic nitrogens is 4. The largest absolute Gasteiger partial charge is 0.379 e. The molecule has 1 unspecified atom stereocenters. The average molecular weight is 398 g/mol. The van der Waals surface area contributed by atoms with Gasteiger partial charge in [-0.1, -0.05) is 30.3 Å². The fraction of sp³-hybridized carbons (Fsp3) is 0.292. The number of nitrogens with zero attached hydrogens (tertiary/aromatic N) is 4. The van der Waals surface area contributed by atoms with E-state index in [9.17, 15) is 4.79 Å². The van der Waals surface area contributed by atoms with E-state index in [2.05, 4.69) is 28.8 Å². The van der Waals surface area contributed by atoms with E-state index in [-0.39, 0.29) is 17.6 Å². The standard InChI is InChI=1S/C24H22N4O2/c29-23-14-17(10-12-27(23)18-11-13-30-15-18)19-6-7-20-24(26-19)28-21(8-9-22(28)25-20)16-4-2-1-3-5-16/h1-7,10,12,14,18,21H,8-9,11,13,15H2/t18?,21-/m1/s1. The molecular formula is C24H22N4O2. The van der Waals surface area contributed by atoms with Crippen molar-refractivity contribution in [2.75, 3.05) is 13.2 Å². The summed E-state index contributed by atoms with van der Waals surface area (Å²) in [6, 6.07) is 18.6. The van der Waals surface area contributed by atoms with Crippen LogP contribution in [0.3, 0.4) is 0 Å². The summed E-state index contributed by atoms with van der Waals surface area (Å²) in [5.41, 5.74) is 4.71. The summed E-state index contributed by atoms with van der Waals surface area (Å²) in [6.45, 7) is 1.32. The summed E-state index contributed by atoms with van der Waals surface area (Å²) in [6.07, 6.45) is 4.74. The molecule has 6 heteroatoms. The third-order valence-electron chi connectivity index (χ3n) is 6.29. The first-order valence-electron chi connectivity index (χ1n) is 10.5. The second-order valence-electron chi connectivity index (χ2n) is 8.08. The number of hydrogen-bond acceptors (Lipinski definition) is 4. The minimum Gasteiger partial charge on any atom is -0.379 e. The third kappa shape index (κ3) is 2.79. The maximum absolute atomic E-state index is 12.7. The lowest BCUT2D eigenvalue weighted by Gasteiger charge is -2.15. The normalized spacial score (nSPS) is 20.7. The molecule has 150 valence electrons. The number of fused-ring (bicyclic) bond motifs is 3. The van der Waals surface area contributed by atoms with Crippen LogP contribution in [-0.2, 0) is 11.2 Å². The van der Waals surface area contributed by atoms with E-state index in [1.165, 1.54) is 5.56 Å². The second-order valence-corrected chi connectivity index (χ2v) is 8.08. The van der Waals surface area contributed by atoms with Crippen LogP contribution in [0, 0.1) is 0 Å². The highest BCUT2D eigenvalue weighted by molar-refractivity contribution is 5.76. The van der Waals surface area contributed by atoms with Gasteiger partial charge in [0, 0.05) is 30.9 Å². The molecule has 0 bridgehead atoms. The van der Waals surface area contributed by atoms with E-state index in [0.29, 0.717) is 13.2 Å². The quantitative estimate of drug-likeness (QED) is 0.527. The Labute approximate surface area is 173 Å². The lowest BCUT2D eigenvalue weighted by atomic mass is 10.0. The number of ether oxygens (including phenoxy) is 1. The summed E-state index contributed by atoms with van der Waals surface area (Å²) in [5.74, 6) is 1.08. The van der Waals surface area contributed by atoms with Crippen molar-refractivity contribution in [3.8, 4) is 11.3 Å². The number of rotatable bonds is 3. The zero-order valence-electron chi connectivity index (χ0n) is 16.6. The van der Waals surface area contributed by atoms with E-state index in [0.717, 1.165) is 47.5 Å². The molecule has 0 aliphatic carbocycles.